The first-order valence-corrected chi connectivity index (χ1v) is 8.25. The summed E-state index contributed by atoms with van der Waals surface area (Å²) >= 11 is 11.5. The minimum absolute atomic E-state index is 0.0277. The Morgan fingerprint density at radius 3 is 1.80 bits per heavy atom. The average Bonchev–Trinajstić information content (AvgIpc) is 2.55. The molecule has 0 aliphatic heterocycles. The molecule has 0 spiro atoms. The fourth-order valence-electron chi connectivity index (χ4n) is 2.44. The van der Waals surface area contributed by atoms with Crippen molar-refractivity contribution in [1.82, 2.24) is 15.0 Å². The SMILES string of the molecule is CC(C)(c1ccc(O)cc1)c1ccc(Oc2nc(Cl)nc(Cl)n2)cc1. The third kappa shape index (κ3) is 4.00. The van der Waals surface area contributed by atoms with Crippen LogP contribution in [0.3, 0.4) is 0 Å². The minimum Gasteiger partial charge on any atom is -0.508 e. The standard InChI is InChI=1S/C18H15Cl2N3O2/c1-18(2,11-3-7-13(24)8-4-11)12-5-9-14(10-6-12)25-17-22-15(19)21-16(20)23-17/h3-10,24H,1-2H3. The summed E-state index contributed by atoms with van der Waals surface area (Å²) < 4.78 is 5.56. The van der Waals surface area contributed by atoms with Crippen LogP contribution in [0.25, 0.3) is 0 Å². The van der Waals surface area contributed by atoms with Crippen LogP contribution in [0.4, 0.5) is 0 Å². The number of ether oxygens (including phenoxy) is 1. The molecule has 0 saturated heterocycles. The van der Waals surface area contributed by atoms with Gasteiger partial charge < -0.3 is 9.84 Å². The summed E-state index contributed by atoms with van der Waals surface area (Å²) in [4.78, 5) is 11.4. The largest absolute Gasteiger partial charge is 0.508 e. The van der Waals surface area contributed by atoms with Crippen molar-refractivity contribution in [2.45, 2.75) is 19.3 Å². The molecule has 0 atom stereocenters. The fraction of sp³-hybridized carbons (Fsp3) is 0.167. The van der Waals surface area contributed by atoms with Gasteiger partial charge in [0.1, 0.15) is 11.5 Å². The molecule has 0 aliphatic carbocycles. The molecule has 0 fully saturated rings. The molecular weight excluding hydrogens is 361 g/mol. The summed E-state index contributed by atoms with van der Waals surface area (Å²) in [5, 5.41) is 9.40. The highest BCUT2D eigenvalue weighted by Crippen LogP contribution is 2.33. The first-order chi connectivity index (χ1) is 11.8. The van der Waals surface area contributed by atoms with E-state index in [1.807, 2.05) is 36.4 Å². The third-order valence-electron chi connectivity index (χ3n) is 3.93. The smallest absolute Gasteiger partial charge is 0.327 e. The molecule has 0 saturated carbocycles. The zero-order valence-corrected chi connectivity index (χ0v) is 15.1. The van der Waals surface area contributed by atoms with E-state index in [9.17, 15) is 5.11 Å². The van der Waals surface area contributed by atoms with Crippen LogP contribution < -0.4 is 4.74 Å². The summed E-state index contributed by atoms with van der Waals surface area (Å²) in [6, 6.07) is 14.8. The van der Waals surface area contributed by atoms with E-state index in [1.54, 1.807) is 12.1 Å². The molecule has 0 amide bonds. The van der Waals surface area contributed by atoms with Crippen LogP contribution in [-0.4, -0.2) is 20.1 Å². The van der Waals surface area contributed by atoms with Crippen molar-refractivity contribution < 1.29 is 9.84 Å². The molecular formula is C18H15Cl2N3O2. The van der Waals surface area contributed by atoms with Crippen LogP contribution in [0.1, 0.15) is 25.0 Å². The van der Waals surface area contributed by atoms with E-state index in [0.29, 0.717) is 5.75 Å². The van der Waals surface area contributed by atoms with Crippen LogP contribution in [0, 0.1) is 0 Å². The van der Waals surface area contributed by atoms with Gasteiger partial charge in [0.2, 0.25) is 10.6 Å². The first-order valence-electron chi connectivity index (χ1n) is 7.49. The van der Waals surface area contributed by atoms with Gasteiger partial charge in [-0.05, 0) is 58.6 Å². The van der Waals surface area contributed by atoms with Crippen molar-refractivity contribution in [2.24, 2.45) is 0 Å². The lowest BCUT2D eigenvalue weighted by Crippen LogP contribution is -2.18. The molecule has 3 rings (SSSR count). The van der Waals surface area contributed by atoms with E-state index in [4.69, 9.17) is 27.9 Å². The number of halogens is 2. The second-order valence-corrected chi connectivity index (χ2v) is 6.63. The second kappa shape index (κ2) is 6.86. The van der Waals surface area contributed by atoms with E-state index in [-0.39, 0.29) is 27.7 Å². The van der Waals surface area contributed by atoms with Gasteiger partial charge >= 0.3 is 6.01 Å². The predicted octanol–water partition coefficient (Wildman–Crippen LogP) is 5.00. The number of phenolic OH excluding ortho intramolecular Hbond substituents is 1. The predicted molar refractivity (Wildman–Crippen MR) is 96.6 cm³/mol. The van der Waals surface area contributed by atoms with E-state index < -0.39 is 0 Å². The van der Waals surface area contributed by atoms with Crippen LogP contribution >= 0.6 is 23.2 Å². The van der Waals surface area contributed by atoms with Gasteiger partial charge in [-0.15, -0.1) is 0 Å². The summed E-state index contributed by atoms with van der Waals surface area (Å²) in [5.74, 6) is 0.807. The van der Waals surface area contributed by atoms with Gasteiger partial charge in [0.25, 0.3) is 0 Å². The van der Waals surface area contributed by atoms with Gasteiger partial charge in [-0.3, -0.25) is 0 Å². The van der Waals surface area contributed by atoms with Gasteiger partial charge in [0, 0.05) is 5.41 Å². The highest BCUT2D eigenvalue weighted by atomic mass is 35.5. The lowest BCUT2D eigenvalue weighted by molar-refractivity contribution is 0.439. The summed E-state index contributed by atoms with van der Waals surface area (Å²) in [6.45, 7) is 4.22. The molecule has 0 bridgehead atoms. The van der Waals surface area contributed by atoms with Gasteiger partial charge in [-0.2, -0.15) is 15.0 Å². The molecule has 7 heteroatoms. The number of aromatic nitrogens is 3. The normalized spacial score (nSPS) is 11.4. The van der Waals surface area contributed by atoms with Crippen molar-refractivity contribution in [3.05, 3.63) is 70.2 Å². The van der Waals surface area contributed by atoms with Crippen LogP contribution in [0.5, 0.6) is 17.5 Å². The lowest BCUT2D eigenvalue weighted by atomic mass is 9.78. The number of hydrogen-bond acceptors (Lipinski definition) is 5. The molecule has 5 nitrogen and oxygen atoms in total. The maximum atomic E-state index is 9.46. The Morgan fingerprint density at radius 2 is 1.28 bits per heavy atom. The minimum atomic E-state index is -0.230. The second-order valence-electron chi connectivity index (χ2n) is 5.95. The van der Waals surface area contributed by atoms with Gasteiger partial charge in [0.05, 0.1) is 0 Å². The molecule has 128 valence electrons. The van der Waals surface area contributed by atoms with Crippen LogP contribution in [0.2, 0.25) is 10.6 Å². The highest BCUT2D eigenvalue weighted by Gasteiger charge is 2.23. The molecule has 1 aromatic heterocycles. The number of phenols is 1. The molecule has 2 aromatic carbocycles. The van der Waals surface area contributed by atoms with Crippen molar-refractivity contribution >= 4 is 23.2 Å². The van der Waals surface area contributed by atoms with E-state index in [0.717, 1.165) is 11.1 Å². The third-order valence-corrected chi connectivity index (χ3v) is 4.27. The molecule has 0 radical (unpaired) electrons. The quantitative estimate of drug-likeness (QED) is 0.694. The van der Waals surface area contributed by atoms with Crippen molar-refractivity contribution in [3.8, 4) is 17.5 Å². The molecule has 1 N–H and O–H groups in total. The molecule has 1 heterocycles. The monoisotopic (exact) mass is 375 g/mol. The molecule has 3 aromatic rings. The first kappa shape index (κ1) is 17.5. The zero-order valence-electron chi connectivity index (χ0n) is 13.6. The van der Waals surface area contributed by atoms with Crippen molar-refractivity contribution in [3.63, 3.8) is 0 Å². The Morgan fingerprint density at radius 1 is 0.800 bits per heavy atom. The Kier molecular flexibility index (Phi) is 4.79. The highest BCUT2D eigenvalue weighted by molar-refractivity contribution is 6.31. The Labute approximate surface area is 155 Å². The number of aromatic hydroxyl groups is 1. The van der Waals surface area contributed by atoms with E-state index in [1.165, 1.54) is 0 Å². The molecule has 0 aliphatic rings. The summed E-state index contributed by atoms with van der Waals surface area (Å²) in [6.07, 6.45) is 0. The number of nitrogens with zero attached hydrogens (tertiary/aromatic N) is 3. The Balaban J connectivity index is 1.82. The Hall–Kier alpha value is -2.37. The number of hydrogen-bond donors (Lipinski definition) is 1. The van der Waals surface area contributed by atoms with E-state index >= 15 is 0 Å². The van der Waals surface area contributed by atoms with E-state index in [2.05, 4.69) is 28.8 Å². The maximum absolute atomic E-state index is 9.46. The number of benzene rings is 2. The summed E-state index contributed by atoms with van der Waals surface area (Å²) in [7, 11) is 0. The average molecular weight is 376 g/mol. The zero-order chi connectivity index (χ0) is 18.0. The Bertz CT molecular complexity index is 862. The number of rotatable bonds is 4. The van der Waals surface area contributed by atoms with Crippen molar-refractivity contribution in [1.29, 1.82) is 0 Å². The summed E-state index contributed by atoms with van der Waals surface area (Å²) in [5.41, 5.74) is 1.96. The topological polar surface area (TPSA) is 68.1 Å². The van der Waals surface area contributed by atoms with Gasteiger partial charge in [0.15, 0.2) is 0 Å². The van der Waals surface area contributed by atoms with Crippen LogP contribution in [-0.2, 0) is 5.41 Å². The maximum Gasteiger partial charge on any atom is 0.327 e. The van der Waals surface area contributed by atoms with Gasteiger partial charge in [-0.1, -0.05) is 38.1 Å². The van der Waals surface area contributed by atoms with Crippen molar-refractivity contribution in [2.75, 3.05) is 0 Å². The van der Waals surface area contributed by atoms with Gasteiger partial charge in [-0.25, -0.2) is 0 Å². The van der Waals surface area contributed by atoms with Crippen LogP contribution in [0.15, 0.2) is 48.5 Å². The molecule has 25 heavy (non-hydrogen) atoms. The lowest BCUT2D eigenvalue weighted by Gasteiger charge is -2.26. The fourth-order valence-corrected chi connectivity index (χ4v) is 2.79. The molecule has 0 unspecified atom stereocenters.